The summed E-state index contributed by atoms with van der Waals surface area (Å²) in [6.45, 7) is 34.0. The molecule has 2 aliphatic carbocycles. The van der Waals surface area contributed by atoms with Crippen LogP contribution in [0.5, 0.6) is 0 Å². The fourth-order valence-corrected chi connectivity index (χ4v) is 17.2. The summed E-state index contributed by atoms with van der Waals surface area (Å²) in [6, 6.07) is 51.7. The zero-order chi connectivity index (χ0) is 53.4. The minimum atomic E-state index is -0.121. The molecule has 5 heteroatoms. The Morgan fingerprint density at radius 3 is 1.62 bits per heavy atom. The third-order valence-corrected chi connectivity index (χ3v) is 22.0. The second-order valence-electron chi connectivity index (χ2n) is 28.6. The molecule has 0 atom stereocenters. The third kappa shape index (κ3) is 6.66. The van der Waals surface area contributed by atoms with E-state index in [1.807, 2.05) is 22.7 Å². The first kappa shape index (κ1) is 48.0. The molecule has 0 saturated carbocycles. The van der Waals surface area contributed by atoms with Gasteiger partial charge in [0, 0.05) is 73.7 Å². The van der Waals surface area contributed by atoms with Crippen molar-refractivity contribution < 1.29 is 0 Å². The first-order valence-corrected chi connectivity index (χ1v) is 30.2. The molecule has 0 spiro atoms. The molecule has 77 heavy (non-hydrogen) atoms. The van der Waals surface area contributed by atoms with Crippen molar-refractivity contribution in [3.63, 3.8) is 0 Å². The minimum absolute atomic E-state index is 0.00614. The van der Waals surface area contributed by atoms with E-state index in [1.54, 1.807) is 0 Å². The molecular formula is C72H71BN2S2. The van der Waals surface area contributed by atoms with E-state index in [4.69, 9.17) is 0 Å². The molecule has 2 nitrogen and oxygen atoms in total. The summed E-state index contributed by atoms with van der Waals surface area (Å²) < 4.78 is 8.21. The molecule has 8 aromatic carbocycles. The maximum absolute atomic E-state index is 2.86. The molecule has 5 heterocycles. The van der Waals surface area contributed by atoms with Gasteiger partial charge in [-0.25, -0.2) is 0 Å². The molecule has 2 aliphatic heterocycles. The van der Waals surface area contributed by atoms with Crippen LogP contribution in [-0.4, -0.2) is 11.4 Å². The van der Waals surface area contributed by atoms with Crippen LogP contribution in [0.1, 0.15) is 156 Å². The average Bonchev–Trinajstić information content (AvgIpc) is 3.87. The molecule has 384 valence electrons. The van der Waals surface area contributed by atoms with Crippen LogP contribution in [0.25, 0.3) is 90.1 Å². The van der Waals surface area contributed by atoms with Crippen LogP contribution >= 0.6 is 22.7 Å². The molecule has 0 bridgehead atoms. The van der Waals surface area contributed by atoms with E-state index in [2.05, 4.69) is 234 Å². The third-order valence-electron chi connectivity index (χ3n) is 19.8. The quantitative estimate of drug-likeness (QED) is 0.157. The van der Waals surface area contributed by atoms with Crippen molar-refractivity contribution in [2.45, 2.75) is 155 Å². The van der Waals surface area contributed by atoms with Crippen LogP contribution < -0.4 is 15.7 Å². The summed E-state index contributed by atoms with van der Waals surface area (Å²) in [4.78, 5) is 2.86. The first-order chi connectivity index (χ1) is 36.4. The molecule has 15 rings (SSSR count). The van der Waals surface area contributed by atoms with Gasteiger partial charge in [0.05, 0.1) is 11.0 Å². The largest absolute Gasteiger partial charge is 0.376 e. The molecule has 0 unspecified atom stereocenters. The summed E-state index contributed by atoms with van der Waals surface area (Å²) in [5, 5.41) is 8.25. The van der Waals surface area contributed by atoms with Crippen LogP contribution in [0.4, 0.5) is 11.4 Å². The normalized spacial score (nSPS) is 17.9. The van der Waals surface area contributed by atoms with Gasteiger partial charge in [-0.3, -0.25) is 0 Å². The Balaban J connectivity index is 1.15. The second kappa shape index (κ2) is 15.4. The van der Waals surface area contributed by atoms with Crippen molar-refractivity contribution in [1.29, 1.82) is 0 Å². The Bertz CT molecular complexity index is 4420. The summed E-state index contributed by atoms with van der Waals surface area (Å²) in [5.74, 6) is 0. The molecule has 0 N–H and O–H groups in total. The molecule has 0 saturated heterocycles. The SMILES string of the molecule is CC(C)(C)c1ccc2c(c1)c1cc(C(C)(C)C)cc3c1n2-c1cc(-c2ccccc2)cc2c1B3N(c1cccc3sc4cc5c(cc4c13)C(C)(C)CCC5(C)C)c1ccc3sc4cc5c(cc4c3c1-2)C(C)(C)CCC5(C)C. The van der Waals surface area contributed by atoms with E-state index in [0.717, 1.165) is 0 Å². The lowest BCUT2D eigenvalue weighted by Crippen LogP contribution is -2.60. The number of hydrogen-bond acceptors (Lipinski definition) is 3. The number of nitrogens with zero attached hydrogens (tertiary/aromatic N) is 2. The number of hydrogen-bond donors (Lipinski definition) is 0. The number of thiophene rings is 2. The molecule has 11 aromatic rings. The van der Waals surface area contributed by atoms with Gasteiger partial charge in [-0.15, -0.1) is 22.7 Å². The topological polar surface area (TPSA) is 8.17 Å². The predicted molar refractivity (Wildman–Crippen MR) is 339 cm³/mol. The number of anilines is 2. The highest BCUT2D eigenvalue weighted by molar-refractivity contribution is 7.26. The molecule has 3 aromatic heterocycles. The number of rotatable bonds is 2. The molecule has 0 amide bonds. The van der Waals surface area contributed by atoms with Crippen LogP contribution in [-0.2, 0) is 32.5 Å². The molecular weight excluding hydrogens is 968 g/mol. The van der Waals surface area contributed by atoms with Crippen LogP contribution in [0.15, 0.2) is 127 Å². The summed E-state index contributed by atoms with van der Waals surface area (Å²) in [7, 11) is 0. The van der Waals surface area contributed by atoms with Crippen LogP contribution in [0, 0.1) is 0 Å². The summed E-state index contributed by atoms with van der Waals surface area (Å²) in [6.07, 6.45) is 4.78. The van der Waals surface area contributed by atoms with Crippen molar-refractivity contribution in [2.24, 2.45) is 0 Å². The van der Waals surface area contributed by atoms with Crippen molar-refractivity contribution in [3.8, 4) is 27.9 Å². The first-order valence-electron chi connectivity index (χ1n) is 28.6. The predicted octanol–water partition coefficient (Wildman–Crippen LogP) is 19.7. The van der Waals surface area contributed by atoms with E-state index in [9.17, 15) is 0 Å². The Morgan fingerprint density at radius 1 is 0.442 bits per heavy atom. The van der Waals surface area contributed by atoms with Crippen LogP contribution in [0.3, 0.4) is 0 Å². The van der Waals surface area contributed by atoms with Crippen molar-refractivity contribution in [1.82, 2.24) is 4.57 Å². The van der Waals surface area contributed by atoms with Gasteiger partial charge < -0.3 is 9.38 Å². The van der Waals surface area contributed by atoms with Crippen LogP contribution in [0.2, 0.25) is 0 Å². The van der Waals surface area contributed by atoms with Gasteiger partial charge in [0.15, 0.2) is 0 Å². The van der Waals surface area contributed by atoms with Crippen molar-refractivity contribution in [3.05, 3.63) is 161 Å². The van der Waals surface area contributed by atoms with Gasteiger partial charge in [-0.05, 0) is 198 Å². The fourth-order valence-electron chi connectivity index (χ4n) is 14.9. The van der Waals surface area contributed by atoms with Gasteiger partial charge >= 0.3 is 6.85 Å². The van der Waals surface area contributed by atoms with Crippen molar-refractivity contribution >= 4 is 114 Å². The average molecular weight is 1040 g/mol. The Hall–Kier alpha value is -6.14. The molecule has 0 radical (unpaired) electrons. The molecule has 0 fully saturated rings. The van der Waals surface area contributed by atoms with Gasteiger partial charge in [-0.1, -0.05) is 145 Å². The monoisotopic (exact) mass is 1040 g/mol. The van der Waals surface area contributed by atoms with Gasteiger partial charge in [0.25, 0.3) is 0 Å². The zero-order valence-electron chi connectivity index (χ0n) is 47.7. The summed E-state index contributed by atoms with van der Waals surface area (Å²) in [5.41, 5.74) is 23.6. The maximum atomic E-state index is 2.86. The minimum Gasteiger partial charge on any atom is -0.376 e. The lowest BCUT2D eigenvalue weighted by Gasteiger charge is -2.43. The van der Waals surface area contributed by atoms with E-state index < -0.39 is 0 Å². The van der Waals surface area contributed by atoms with Crippen molar-refractivity contribution in [2.75, 3.05) is 4.81 Å². The fraction of sp³-hybridized carbons (Fsp3) is 0.333. The van der Waals surface area contributed by atoms with Gasteiger partial charge in [0.2, 0.25) is 0 Å². The van der Waals surface area contributed by atoms with Gasteiger partial charge in [-0.2, -0.15) is 0 Å². The molecule has 4 aliphatic rings. The highest BCUT2D eigenvalue weighted by Gasteiger charge is 2.47. The zero-order valence-corrected chi connectivity index (χ0v) is 49.4. The van der Waals surface area contributed by atoms with E-state index in [1.165, 1.54) is 171 Å². The Labute approximate surface area is 464 Å². The summed E-state index contributed by atoms with van der Waals surface area (Å²) >= 11 is 3.99. The maximum Gasteiger partial charge on any atom is 0.333 e. The Morgan fingerprint density at radius 2 is 1.01 bits per heavy atom. The second-order valence-corrected chi connectivity index (χ2v) is 30.8. The number of aromatic nitrogens is 1. The van der Waals surface area contributed by atoms with Gasteiger partial charge in [0.1, 0.15) is 0 Å². The lowest BCUT2D eigenvalue weighted by molar-refractivity contribution is 0.332. The Kier molecular flexibility index (Phi) is 9.58. The highest BCUT2D eigenvalue weighted by Crippen LogP contribution is 2.57. The lowest BCUT2D eigenvalue weighted by atomic mass is 9.43. The van der Waals surface area contributed by atoms with E-state index in [0.29, 0.717) is 0 Å². The smallest absolute Gasteiger partial charge is 0.333 e. The number of benzene rings is 8. The standard InChI is InChI=1S/C72H71BN2S2/c1-67(2,3)42-23-24-54-44(33-42)45-34-43(68(4,5)6)35-53-66(45)74(54)57-32-41(40-19-16-15-17-20-40)31-48-63-56(25-26-59-64(63)47-37-50-52(39-61(47)77-59)72(13,14)30-28-70(50,9)10)75(73(53)65(48)57)55-21-18-22-58-62(55)46-36-49-51(38-60(46)76-58)71(11,12)29-27-69(49,7)8/h15-26,31-39H,27-30H2,1-14H3. The number of fused-ring (bicyclic) bond motifs is 16. The van der Waals surface area contributed by atoms with E-state index >= 15 is 0 Å². The van der Waals surface area contributed by atoms with E-state index in [-0.39, 0.29) is 39.3 Å². The highest BCUT2D eigenvalue weighted by atomic mass is 32.1.